The third-order valence-corrected chi connectivity index (χ3v) is 5.00. The van der Waals surface area contributed by atoms with Gasteiger partial charge in [0.15, 0.2) is 11.5 Å². The van der Waals surface area contributed by atoms with Gasteiger partial charge in [-0.15, -0.1) is 0 Å². The molecule has 0 aliphatic carbocycles. The van der Waals surface area contributed by atoms with Crippen molar-refractivity contribution in [1.82, 2.24) is 0 Å². The van der Waals surface area contributed by atoms with Gasteiger partial charge in [0, 0.05) is 16.7 Å². The maximum Gasteiger partial charge on any atom is 0.162 e. The lowest BCUT2D eigenvalue weighted by Crippen LogP contribution is -2.03. The van der Waals surface area contributed by atoms with E-state index in [2.05, 4.69) is 21.2 Å². The van der Waals surface area contributed by atoms with E-state index in [-0.39, 0.29) is 5.02 Å². The lowest BCUT2D eigenvalue weighted by atomic mass is 10.2. The lowest BCUT2D eigenvalue weighted by molar-refractivity contribution is 0.284. The van der Waals surface area contributed by atoms with E-state index in [0.717, 1.165) is 21.3 Å². The second-order valence-corrected chi connectivity index (χ2v) is 7.11. The molecule has 27 heavy (non-hydrogen) atoms. The Bertz CT molecular complexity index is 922. The van der Waals surface area contributed by atoms with Crippen LogP contribution in [0, 0.1) is 5.82 Å². The molecule has 0 bridgehead atoms. The summed E-state index contributed by atoms with van der Waals surface area (Å²) in [6.07, 6.45) is 0. The van der Waals surface area contributed by atoms with Crippen LogP contribution in [-0.2, 0) is 13.2 Å². The Hall–Kier alpha value is -2.24. The van der Waals surface area contributed by atoms with E-state index in [4.69, 9.17) is 21.1 Å². The topological polar surface area (TPSA) is 30.5 Å². The van der Waals surface area contributed by atoms with Gasteiger partial charge in [-0.1, -0.05) is 57.9 Å². The van der Waals surface area contributed by atoms with Gasteiger partial charge in [0.2, 0.25) is 0 Å². The zero-order valence-corrected chi connectivity index (χ0v) is 17.0. The van der Waals surface area contributed by atoms with E-state index in [0.29, 0.717) is 24.7 Å². The highest BCUT2D eigenvalue weighted by atomic mass is 79.9. The Balaban J connectivity index is 1.72. The number of benzene rings is 3. The Kier molecular flexibility index (Phi) is 6.58. The van der Waals surface area contributed by atoms with Crippen molar-refractivity contribution in [1.29, 1.82) is 0 Å². The summed E-state index contributed by atoms with van der Waals surface area (Å²) in [6.45, 7) is 0.965. The zero-order chi connectivity index (χ0) is 19.2. The molecule has 0 aliphatic heterocycles. The summed E-state index contributed by atoms with van der Waals surface area (Å²) >= 11 is 9.39. The average molecular weight is 451 g/mol. The maximum absolute atomic E-state index is 13.3. The number of rotatable bonds is 7. The van der Waals surface area contributed by atoms with Crippen LogP contribution in [0.15, 0.2) is 65.1 Å². The van der Waals surface area contributed by atoms with E-state index in [1.54, 1.807) is 19.2 Å². The Morgan fingerprint density at radius 3 is 2.52 bits per heavy atom. The highest BCUT2D eigenvalue weighted by molar-refractivity contribution is 9.10. The minimum Gasteiger partial charge on any atom is -0.493 e. The maximum atomic E-state index is 13.3. The van der Waals surface area contributed by atoms with Crippen molar-refractivity contribution in [3.05, 3.63) is 87.1 Å². The van der Waals surface area contributed by atoms with E-state index in [9.17, 15) is 4.39 Å². The number of hydrogen-bond acceptors (Lipinski definition) is 3. The molecule has 1 N–H and O–H groups in total. The van der Waals surface area contributed by atoms with E-state index in [1.165, 1.54) is 6.07 Å². The van der Waals surface area contributed by atoms with E-state index in [1.807, 2.05) is 42.5 Å². The molecule has 6 heteroatoms. The standard InChI is InChI=1S/C21H18BrClFNO2/c1-26-20-9-15(12-25-16-7-8-19(24)18(23)10-16)17(22)11-21(20)27-13-14-5-3-2-4-6-14/h2-11,25H,12-13H2,1H3. The molecular weight excluding hydrogens is 433 g/mol. The summed E-state index contributed by atoms with van der Waals surface area (Å²) in [5.74, 6) is 0.856. The highest BCUT2D eigenvalue weighted by Gasteiger charge is 2.11. The first-order valence-corrected chi connectivity index (χ1v) is 9.46. The van der Waals surface area contributed by atoms with Crippen LogP contribution in [0.5, 0.6) is 11.5 Å². The molecule has 0 aromatic heterocycles. The van der Waals surface area contributed by atoms with Crippen molar-refractivity contribution in [3.8, 4) is 11.5 Å². The first kappa shape index (κ1) is 19.5. The van der Waals surface area contributed by atoms with Crippen molar-refractivity contribution in [2.24, 2.45) is 0 Å². The smallest absolute Gasteiger partial charge is 0.162 e. The summed E-state index contributed by atoms with van der Waals surface area (Å²) in [5.41, 5.74) is 2.78. The fourth-order valence-corrected chi connectivity index (χ4v) is 3.17. The molecule has 3 aromatic carbocycles. The Morgan fingerprint density at radius 1 is 1.04 bits per heavy atom. The predicted molar refractivity (Wildman–Crippen MR) is 110 cm³/mol. The summed E-state index contributed by atoms with van der Waals surface area (Å²) in [5, 5.41) is 3.31. The molecule has 3 nitrogen and oxygen atoms in total. The lowest BCUT2D eigenvalue weighted by Gasteiger charge is -2.15. The van der Waals surface area contributed by atoms with Gasteiger partial charge >= 0.3 is 0 Å². The molecule has 3 rings (SSSR count). The van der Waals surface area contributed by atoms with Crippen molar-refractivity contribution in [3.63, 3.8) is 0 Å². The molecule has 0 aliphatic rings. The van der Waals surface area contributed by atoms with Crippen molar-refractivity contribution < 1.29 is 13.9 Å². The van der Waals surface area contributed by atoms with Crippen LogP contribution in [0.2, 0.25) is 5.02 Å². The summed E-state index contributed by atoms with van der Waals surface area (Å²) in [6, 6.07) is 18.3. The van der Waals surface area contributed by atoms with E-state index >= 15 is 0 Å². The van der Waals surface area contributed by atoms with Crippen molar-refractivity contribution in [2.45, 2.75) is 13.2 Å². The minimum atomic E-state index is -0.440. The van der Waals surface area contributed by atoms with Crippen molar-refractivity contribution in [2.75, 3.05) is 12.4 Å². The molecular formula is C21H18BrClFNO2. The molecule has 0 unspecified atom stereocenters. The molecule has 0 spiro atoms. The van der Waals surface area contributed by atoms with Gasteiger partial charge in [0.1, 0.15) is 12.4 Å². The summed E-state index contributed by atoms with van der Waals surface area (Å²) in [4.78, 5) is 0. The van der Waals surface area contributed by atoms with Gasteiger partial charge in [-0.3, -0.25) is 0 Å². The summed E-state index contributed by atoms with van der Waals surface area (Å²) in [7, 11) is 1.61. The molecule has 3 aromatic rings. The van der Waals surface area contributed by atoms with Gasteiger partial charge < -0.3 is 14.8 Å². The Morgan fingerprint density at radius 2 is 1.81 bits per heavy atom. The second-order valence-electron chi connectivity index (χ2n) is 5.85. The van der Waals surface area contributed by atoms with Crippen LogP contribution in [0.1, 0.15) is 11.1 Å². The quantitative estimate of drug-likeness (QED) is 0.449. The first-order valence-electron chi connectivity index (χ1n) is 8.29. The zero-order valence-electron chi connectivity index (χ0n) is 14.6. The van der Waals surface area contributed by atoms with Crippen LogP contribution in [0.3, 0.4) is 0 Å². The molecule has 140 valence electrons. The average Bonchev–Trinajstić information content (AvgIpc) is 2.69. The van der Waals surface area contributed by atoms with E-state index < -0.39 is 5.82 Å². The van der Waals surface area contributed by atoms with Gasteiger partial charge in [0.05, 0.1) is 12.1 Å². The number of methoxy groups -OCH3 is 1. The largest absolute Gasteiger partial charge is 0.493 e. The molecule has 0 saturated carbocycles. The normalized spacial score (nSPS) is 10.5. The van der Waals surface area contributed by atoms with Crippen LogP contribution in [0.4, 0.5) is 10.1 Å². The SMILES string of the molecule is COc1cc(CNc2ccc(F)c(Cl)c2)c(Br)cc1OCc1ccccc1. The minimum absolute atomic E-state index is 0.0845. The molecule has 0 atom stereocenters. The third-order valence-electron chi connectivity index (χ3n) is 3.97. The second kappa shape index (κ2) is 9.11. The van der Waals surface area contributed by atoms with Gasteiger partial charge in [0.25, 0.3) is 0 Å². The highest BCUT2D eigenvalue weighted by Crippen LogP contribution is 2.34. The number of halogens is 3. The Labute approximate surface area is 171 Å². The van der Waals surface area contributed by atoms with Crippen LogP contribution in [0.25, 0.3) is 0 Å². The van der Waals surface area contributed by atoms with Gasteiger partial charge in [-0.05, 0) is 41.5 Å². The van der Waals surface area contributed by atoms with Crippen LogP contribution < -0.4 is 14.8 Å². The number of hydrogen-bond donors (Lipinski definition) is 1. The monoisotopic (exact) mass is 449 g/mol. The molecule has 0 amide bonds. The molecule has 0 fully saturated rings. The number of anilines is 1. The number of nitrogens with one attached hydrogen (secondary N) is 1. The third kappa shape index (κ3) is 5.15. The predicted octanol–water partition coefficient (Wildman–Crippen LogP) is 6.44. The fourth-order valence-electron chi connectivity index (χ4n) is 2.52. The first-order chi connectivity index (χ1) is 13.1. The van der Waals surface area contributed by atoms with Gasteiger partial charge in [-0.25, -0.2) is 4.39 Å². The van der Waals surface area contributed by atoms with Crippen LogP contribution in [-0.4, -0.2) is 7.11 Å². The van der Waals surface area contributed by atoms with Gasteiger partial charge in [-0.2, -0.15) is 0 Å². The fraction of sp³-hybridized carbons (Fsp3) is 0.143. The number of ether oxygens (including phenoxy) is 2. The summed E-state index contributed by atoms with van der Waals surface area (Å²) < 4.78 is 25.5. The molecule has 0 radical (unpaired) electrons. The van der Waals surface area contributed by atoms with Crippen LogP contribution >= 0.6 is 27.5 Å². The molecule has 0 saturated heterocycles. The molecule has 0 heterocycles. The van der Waals surface area contributed by atoms with Crippen molar-refractivity contribution >= 4 is 33.2 Å².